The summed E-state index contributed by atoms with van der Waals surface area (Å²) < 4.78 is 2.10. The summed E-state index contributed by atoms with van der Waals surface area (Å²) >= 11 is 0. The number of hydrogen-bond acceptors (Lipinski definition) is 1. The van der Waals surface area contributed by atoms with Gasteiger partial charge < -0.3 is 0 Å². The molecule has 2 rings (SSSR count). The van der Waals surface area contributed by atoms with E-state index in [4.69, 9.17) is 0 Å². The molecule has 0 saturated heterocycles. The highest BCUT2D eigenvalue weighted by molar-refractivity contribution is 5.77. The fraction of sp³-hybridized carbons (Fsp3) is 0.417. The molecule has 0 bridgehead atoms. The van der Waals surface area contributed by atoms with Crippen molar-refractivity contribution in [2.45, 2.75) is 32.7 Å². The molecule has 2 nitrogen and oxygen atoms in total. The van der Waals surface area contributed by atoms with Crippen molar-refractivity contribution in [1.82, 2.24) is 9.78 Å². The van der Waals surface area contributed by atoms with Crippen molar-refractivity contribution in [2.75, 3.05) is 0 Å². The molecule has 1 aromatic heterocycles. The molecule has 1 aromatic carbocycles. The van der Waals surface area contributed by atoms with Gasteiger partial charge in [-0.1, -0.05) is 32.0 Å². The summed E-state index contributed by atoms with van der Waals surface area (Å²) in [6.45, 7) is 4.42. The molecule has 14 heavy (non-hydrogen) atoms. The van der Waals surface area contributed by atoms with E-state index in [9.17, 15) is 0 Å². The minimum atomic E-state index is 0.544. The molecule has 2 heteroatoms. The lowest BCUT2D eigenvalue weighted by molar-refractivity contribution is 0.431. The van der Waals surface area contributed by atoms with Crippen LogP contribution >= 0.6 is 0 Å². The second kappa shape index (κ2) is 3.82. The van der Waals surface area contributed by atoms with Crippen LogP contribution in [0.15, 0.2) is 30.5 Å². The minimum absolute atomic E-state index is 0.544. The van der Waals surface area contributed by atoms with Gasteiger partial charge in [0.1, 0.15) is 0 Å². The first-order valence-corrected chi connectivity index (χ1v) is 5.29. The van der Waals surface area contributed by atoms with Gasteiger partial charge in [0.05, 0.1) is 11.6 Å². The molecule has 0 unspecified atom stereocenters. The molecular weight excluding hydrogens is 172 g/mol. The highest BCUT2D eigenvalue weighted by Gasteiger charge is 2.07. The van der Waals surface area contributed by atoms with E-state index in [2.05, 4.69) is 48.0 Å². The Morgan fingerprint density at radius 2 is 1.93 bits per heavy atom. The van der Waals surface area contributed by atoms with Gasteiger partial charge in [-0.15, -0.1) is 0 Å². The number of fused-ring (bicyclic) bond motifs is 1. The summed E-state index contributed by atoms with van der Waals surface area (Å²) in [5, 5.41) is 5.81. The summed E-state index contributed by atoms with van der Waals surface area (Å²) in [7, 11) is 0. The fourth-order valence-electron chi connectivity index (χ4n) is 1.83. The maximum atomic E-state index is 4.57. The Bertz CT molecular complexity index is 380. The molecule has 0 aliphatic heterocycles. The van der Waals surface area contributed by atoms with Crippen LogP contribution in [-0.2, 0) is 0 Å². The molecule has 0 amide bonds. The zero-order valence-electron chi connectivity index (χ0n) is 8.77. The van der Waals surface area contributed by atoms with E-state index >= 15 is 0 Å². The molecule has 0 saturated carbocycles. The molecule has 2 aromatic rings. The Balaban J connectivity index is 2.43. The SMILES string of the molecule is CCC(CC)n1cc2ccccc2n1. The van der Waals surface area contributed by atoms with Gasteiger partial charge >= 0.3 is 0 Å². The van der Waals surface area contributed by atoms with Crippen LogP contribution in [-0.4, -0.2) is 9.78 Å². The second-order valence-corrected chi connectivity index (χ2v) is 3.64. The fourth-order valence-corrected chi connectivity index (χ4v) is 1.83. The Hall–Kier alpha value is -1.31. The Morgan fingerprint density at radius 3 is 2.57 bits per heavy atom. The Labute approximate surface area is 84.5 Å². The number of aromatic nitrogens is 2. The molecule has 1 heterocycles. The third-order valence-corrected chi connectivity index (χ3v) is 2.75. The standard InChI is InChI=1S/C12H16N2/c1-3-11(4-2)14-9-10-7-5-6-8-12(10)13-14/h5-9,11H,3-4H2,1-2H3. The molecule has 74 valence electrons. The number of rotatable bonds is 3. The maximum absolute atomic E-state index is 4.57. The first-order chi connectivity index (χ1) is 6.85. The van der Waals surface area contributed by atoms with Gasteiger partial charge in [-0.3, -0.25) is 4.68 Å². The second-order valence-electron chi connectivity index (χ2n) is 3.64. The predicted molar refractivity (Wildman–Crippen MR) is 59.4 cm³/mol. The topological polar surface area (TPSA) is 17.8 Å². The van der Waals surface area contributed by atoms with E-state index < -0.39 is 0 Å². The average Bonchev–Trinajstić information content (AvgIpc) is 2.63. The third-order valence-electron chi connectivity index (χ3n) is 2.75. The van der Waals surface area contributed by atoms with Crippen molar-refractivity contribution in [2.24, 2.45) is 0 Å². The third kappa shape index (κ3) is 1.52. The highest BCUT2D eigenvalue weighted by atomic mass is 15.3. The lowest BCUT2D eigenvalue weighted by Gasteiger charge is -2.11. The van der Waals surface area contributed by atoms with Crippen LogP contribution in [0.2, 0.25) is 0 Å². The van der Waals surface area contributed by atoms with E-state index in [1.54, 1.807) is 0 Å². The normalized spacial score (nSPS) is 11.4. The smallest absolute Gasteiger partial charge is 0.0923 e. The van der Waals surface area contributed by atoms with Crippen LogP contribution < -0.4 is 0 Å². The van der Waals surface area contributed by atoms with E-state index in [1.807, 2.05) is 6.07 Å². The van der Waals surface area contributed by atoms with E-state index in [1.165, 1.54) is 5.39 Å². The van der Waals surface area contributed by atoms with Gasteiger partial charge in [0.15, 0.2) is 0 Å². The first kappa shape index (κ1) is 9.25. The van der Waals surface area contributed by atoms with Gasteiger partial charge in [0.2, 0.25) is 0 Å². The highest BCUT2D eigenvalue weighted by Crippen LogP contribution is 2.18. The van der Waals surface area contributed by atoms with Crippen molar-refractivity contribution in [3.05, 3.63) is 30.5 Å². The van der Waals surface area contributed by atoms with Crippen molar-refractivity contribution in [3.8, 4) is 0 Å². The molecule has 0 radical (unpaired) electrons. The van der Waals surface area contributed by atoms with Crippen LogP contribution in [0.5, 0.6) is 0 Å². The summed E-state index contributed by atoms with van der Waals surface area (Å²) in [6.07, 6.45) is 4.43. The van der Waals surface area contributed by atoms with E-state index in [0.717, 1.165) is 18.4 Å². The van der Waals surface area contributed by atoms with Gasteiger partial charge in [0.25, 0.3) is 0 Å². The van der Waals surface area contributed by atoms with Crippen LogP contribution in [0.25, 0.3) is 10.9 Å². The molecule has 0 atom stereocenters. The van der Waals surface area contributed by atoms with E-state index in [-0.39, 0.29) is 0 Å². The number of benzene rings is 1. The average molecular weight is 188 g/mol. The Morgan fingerprint density at radius 1 is 1.21 bits per heavy atom. The minimum Gasteiger partial charge on any atom is -0.268 e. The molecule has 0 aliphatic carbocycles. The quantitative estimate of drug-likeness (QED) is 0.721. The van der Waals surface area contributed by atoms with Gasteiger partial charge in [-0.2, -0.15) is 5.10 Å². The van der Waals surface area contributed by atoms with Gasteiger partial charge in [-0.05, 0) is 18.9 Å². The van der Waals surface area contributed by atoms with Crippen molar-refractivity contribution < 1.29 is 0 Å². The number of nitrogens with zero attached hydrogens (tertiary/aromatic N) is 2. The van der Waals surface area contributed by atoms with Crippen molar-refractivity contribution in [3.63, 3.8) is 0 Å². The molecular formula is C12H16N2. The molecule has 0 fully saturated rings. The summed E-state index contributed by atoms with van der Waals surface area (Å²) in [4.78, 5) is 0. The maximum Gasteiger partial charge on any atom is 0.0923 e. The van der Waals surface area contributed by atoms with Gasteiger partial charge in [0, 0.05) is 11.6 Å². The summed E-state index contributed by atoms with van der Waals surface area (Å²) in [5.41, 5.74) is 1.10. The largest absolute Gasteiger partial charge is 0.268 e. The first-order valence-electron chi connectivity index (χ1n) is 5.29. The van der Waals surface area contributed by atoms with Gasteiger partial charge in [-0.25, -0.2) is 0 Å². The molecule has 0 N–H and O–H groups in total. The lowest BCUT2D eigenvalue weighted by Crippen LogP contribution is -2.06. The zero-order chi connectivity index (χ0) is 9.97. The van der Waals surface area contributed by atoms with Crippen LogP contribution in [0.1, 0.15) is 32.7 Å². The van der Waals surface area contributed by atoms with Crippen molar-refractivity contribution >= 4 is 10.9 Å². The molecule has 0 aliphatic rings. The summed E-state index contributed by atoms with van der Waals surface area (Å²) in [5.74, 6) is 0. The van der Waals surface area contributed by atoms with Crippen LogP contribution in [0, 0.1) is 0 Å². The summed E-state index contributed by atoms with van der Waals surface area (Å²) in [6, 6.07) is 8.81. The monoisotopic (exact) mass is 188 g/mol. The molecule has 0 spiro atoms. The predicted octanol–water partition coefficient (Wildman–Crippen LogP) is 3.40. The van der Waals surface area contributed by atoms with Crippen molar-refractivity contribution in [1.29, 1.82) is 0 Å². The van der Waals surface area contributed by atoms with Crippen LogP contribution in [0.3, 0.4) is 0 Å². The van der Waals surface area contributed by atoms with E-state index in [0.29, 0.717) is 6.04 Å². The lowest BCUT2D eigenvalue weighted by atomic mass is 10.2. The Kier molecular flexibility index (Phi) is 2.53. The van der Waals surface area contributed by atoms with Crippen LogP contribution in [0.4, 0.5) is 0 Å². The zero-order valence-corrected chi connectivity index (χ0v) is 8.77. The number of hydrogen-bond donors (Lipinski definition) is 0.